The summed E-state index contributed by atoms with van der Waals surface area (Å²) in [6, 6.07) is 5.42. The Morgan fingerprint density at radius 2 is 2.33 bits per heavy atom. The van der Waals surface area contributed by atoms with E-state index in [0.717, 1.165) is 17.2 Å². The van der Waals surface area contributed by atoms with Crippen LogP contribution in [0, 0.1) is 0 Å². The van der Waals surface area contributed by atoms with Crippen LogP contribution in [-0.2, 0) is 0 Å². The van der Waals surface area contributed by atoms with Gasteiger partial charge in [0.15, 0.2) is 6.29 Å². The molecule has 0 unspecified atom stereocenters. The van der Waals surface area contributed by atoms with Gasteiger partial charge in [0, 0.05) is 10.9 Å². The topological polar surface area (TPSA) is 34.9 Å². The summed E-state index contributed by atoms with van der Waals surface area (Å²) in [5.41, 5.74) is 1.50. The summed E-state index contributed by atoms with van der Waals surface area (Å²) in [7, 11) is 0. The Bertz CT molecular complexity index is 436. The first-order valence-corrected chi connectivity index (χ1v) is 3.84. The van der Waals surface area contributed by atoms with Crippen molar-refractivity contribution in [1.29, 1.82) is 0 Å². The normalized spacial score (nSPS) is 10.4. The van der Waals surface area contributed by atoms with Crippen LogP contribution in [0.5, 0.6) is 0 Å². The predicted octanol–water partition coefficient (Wildman–Crippen LogP) is 1.54. The van der Waals surface area contributed by atoms with Gasteiger partial charge in [-0.2, -0.15) is 5.10 Å². The molecule has 0 fully saturated rings. The van der Waals surface area contributed by atoms with Gasteiger partial charge in [-0.25, -0.2) is 4.09 Å². The van der Waals surface area contributed by atoms with Gasteiger partial charge in [-0.3, -0.25) is 4.79 Å². The van der Waals surface area contributed by atoms with E-state index < -0.39 is 0 Å². The predicted molar refractivity (Wildman–Crippen MR) is 49.5 cm³/mol. The number of aldehydes is 1. The lowest BCUT2D eigenvalue weighted by Crippen LogP contribution is -1.82. The highest BCUT2D eigenvalue weighted by Gasteiger charge is 2.02. The van der Waals surface area contributed by atoms with E-state index in [0.29, 0.717) is 5.56 Å². The summed E-state index contributed by atoms with van der Waals surface area (Å²) in [5, 5.41) is 4.76. The molecule has 1 aromatic carbocycles. The Morgan fingerprint density at radius 3 is 3.08 bits per heavy atom. The minimum Gasteiger partial charge on any atom is -0.298 e. The quantitative estimate of drug-likeness (QED) is 0.531. The van der Waals surface area contributed by atoms with E-state index in [9.17, 15) is 4.79 Å². The second kappa shape index (κ2) is 2.64. The minimum absolute atomic E-state index is 0.646. The maximum atomic E-state index is 10.6. The lowest BCUT2D eigenvalue weighted by Gasteiger charge is -1.93. The third-order valence-electron chi connectivity index (χ3n) is 1.76. The van der Waals surface area contributed by atoms with Crippen LogP contribution in [0.3, 0.4) is 0 Å². The Hall–Kier alpha value is -1.29. The maximum absolute atomic E-state index is 10.6. The summed E-state index contributed by atoms with van der Waals surface area (Å²) in [6.45, 7) is 0. The van der Waals surface area contributed by atoms with Gasteiger partial charge in [0.25, 0.3) is 0 Å². The Balaban J connectivity index is 2.89. The molecule has 0 radical (unpaired) electrons. The summed E-state index contributed by atoms with van der Waals surface area (Å²) < 4.78 is 1.45. The molecule has 4 heteroatoms. The van der Waals surface area contributed by atoms with E-state index in [1.54, 1.807) is 18.3 Å². The van der Waals surface area contributed by atoms with Crippen molar-refractivity contribution in [2.75, 3.05) is 0 Å². The fourth-order valence-electron chi connectivity index (χ4n) is 1.16. The first-order valence-electron chi connectivity index (χ1n) is 3.44. The van der Waals surface area contributed by atoms with Crippen LogP contribution < -0.4 is 0 Å². The minimum atomic E-state index is 0.646. The molecule has 12 heavy (non-hydrogen) atoms. The molecule has 3 nitrogen and oxygen atoms in total. The molecule has 0 aliphatic heterocycles. The Kier molecular flexibility index (Phi) is 1.62. The molecule has 0 aliphatic rings. The largest absolute Gasteiger partial charge is 0.298 e. The average Bonchev–Trinajstić information content (AvgIpc) is 2.48. The number of hydrogen-bond donors (Lipinski definition) is 1. The molecular formula is C8H6N2OS. The Labute approximate surface area is 74.5 Å². The molecule has 2 aromatic rings. The van der Waals surface area contributed by atoms with Gasteiger partial charge in [0.2, 0.25) is 0 Å². The van der Waals surface area contributed by atoms with Crippen LogP contribution in [0.1, 0.15) is 10.4 Å². The van der Waals surface area contributed by atoms with Crippen LogP contribution in [0.15, 0.2) is 24.4 Å². The lowest BCUT2D eigenvalue weighted by molar-refractivity contribution is 0.112. The molecule has 0 bridgehead atoms. The number of nitrogens with zero attached hydrogens (tertiary/aromatic N) is 2. The molecule has 1 heterocycles. The van der Waals surface area contributed by atoms with E-state index in [2.05, 4.69) is 17.9 Å². The smallest absolute Gasteiger partial charge is 0.150 e. The van der Waals surface area contributed by atoms with Gasteiger partial charge in [-0.15, -0.1) is 0 Å². The number of rotatable bonds is 1. The first kappa shape index (κ1) is 7.36. The Morgan fingerprint density at radius 1 is 1.50 bits per heavy atom. The number of carbonyl (C=O) groups is 1. The highest BCUT2D eigenvalue weighted by Crippen LogP contribution is 2.17. The number of thiol groups is 1. The van der Waals surface area contributed by atoms with Gasteiger partial charge >= 0.3 is 0 Å². The second-order valence-corrected chi connectivity index (χ2v) is 2.81. The number of fused-ring (bicyclic) bond motifs is 1. The van der Waals surface area contributed by atoms with Crippen molar-refractivity contribution in [2.24, 2.45) is 0 Å². The number of hydrogen-bond acceptors (Lipinski definition) is 3. The standard InChI is InChI=1S/C8H6N2OS/c11-5-6-2-1-3-8-7(6)4-9-10(8)12/h1-5,12H. The van der Waals surface area contributed by atoms with Crippen LogP contribution in [0.25, 0.3) is 10.9 Å². The van der Waals surface area contributed by atoms with Crippen molar-refractivity contribution in [3.05, 3.63) is 30.0 Å². The third kappa shape index (κ3) is 0.921. The molecule has 0 amide bonds. The average molecular weight is 178 g/mol. The number of carbonyl (C=O) groups excluding carboxylic acids is 1. The zero-order chi connectivity index (χ0) is 8.55. The van der Waals surface area contributed by atoms with Crippen molar-refractivity contribution in [2.45, 2.75) is 0 Å². The fraction of sp³-hybridized carbons (Fsp3) is 0. The number of aromatic nitrogens is 2. The monoisotopic (exact) mass is 178 g/mol. The highest BCUT2D eigenvalue weighted by molar-refractivity contribution is 7.78. The van der Waals surface area contributed by atoms with Gasteiger partial charge < -0.3 is 0 Å². The molecule has 0 saturated carbocycles. The number of benzene rings is 1. The lowest BCUT2D eigenvalue weighted by atomic mass is 10.1. The van der Waals surface area contributed by atoms with Crippen molar-refractivity contribution in [3.8, 4) is 0 Å². The van der Waals surface area contributed by atoms with Crippen molar-refractivity contribution < 1.29 is 4.79 Å². The van der Waals surface area contributed by atoms with Crippen LogP contribution in [0.4, 0.5) is 0 Å². The van der Waals surface area contributed by atoms with E-state index >= 15 is 0 Å². The molecule has 2 rings (SSSR count). The molecule has 0 atom stereocenters. The third-order valence-corrected chi connectivity index (χ3v) is 2.07. The van der Waals surface area contributed by atoms with Crippen molar-refractivity contribution in [1.82, 2.24) is 9.19 Å². The van der Waals surface area contributed by atoms with Crippen LogP contribution in [-0.4, -0.2) is 15.5 Å². The molecule has 60 valence electrons. The molecule has 0 N–H and O–H groups in total. The van der Waals surface area contributed by atoms with E-state index in [1.807, 2.05) is 6.07 Å². The maximum Gasteiger partial charge on any atom is 0.150 e. The molecule has 1 aromatic heterocycles. The van der Waals surface area contributed by atoms with E-state index in [1.165, 1.54) is 4.09 Å². The second-order valence-electron chi connectivity index (χ2n) is 2.43. The van der Waals surface area contributed by atoms with E-state index in [4.69, 9.17) is 0 Å². The first-order chi connectivity index (χ1) is 5.83. The van der Waals surface area contributed by atoms with Crippen molar-refractivity contribution >= 4 is 30.0 Å². The van der Waals surface area contributed by atoms with Gasteiger partial charge in [-0.1, -0.05) is 12.1 Å². The molecule has 0 saturated heterocycles. The van der Waals surface area contributed by atoms with Crippen molar-refractivity contribution in [3.63, 3.8) is 0 Å². The molecule has 0 spiro atoms. The zero-order valence-corrected chi connectivity index (χ0v) is 7.03. The SMILES string of the molecule is O=Cc1cccc2c1cnn2S. The van der Waals surface area contributed by atoms with E-state index in [-0.39, 0.29) is 0 Å². The summed E-state index contributed by atoms with van der Waals surface area (Å²) in [4.78, 5) is 10.6. The summed E-state index contributed by atoms with van der Waals surface area (Å²) in [6.07, 6.45) is 2.45. The van der Waals surface area contributed by atoms with Gasteiger partial charge in [0.1, 0.15) is 0 Å². The van der Waals surface area contributed by atoms with Crippen LogP contribution in [0.2, 0.25) is 0 Å². The highest BCUT2D eigenvalue weighted by atomic mass is 32.1. The van der Waals surface area contributed by atoms with Crippen LogP contribution >= 0.6 is 12.8 Å². The summed E-state index contributed by atoms with van der Waals surface area (Å²) >= 11 is 4.08. The van der Waals surface area contributed by atoms with Gasteiger partial charge in [0.05, 0.1) is 11.7 Å². The zero-order valence-electron chi connectivity index (χ0n) is 6.14. The van der Waals surface area contributed by atoms with Gasteiger partial charge in [-0.05, 0) is 18.9 Å². The molecular weight excluding hydrogens is 172 g/mol. The fourth-order valence-corrected chi connectivity index (χ4v) is 1.39. The summed E-state index contributed by atoms with van der Waals surface area (Å²) in [5.74, 6) is 0. The molecule has 0 aliphatic carbocycles.